The van der Waals surface area contributed by atoms with E-state index in [-0.39, 0.29) is 23.5 Å². The molecule has 1 heterocycles. The number of hydrogen-bond donors (Lipinski definition) is 0. The molecule has 0 aromatic heterocycles. The highest BCUT2D eigenvalue weighted by molar-refractivity contribution is 5.63. The number of nitrogens with zero attached hydrogens (tertiary/aromatic N) is 3. The Morgan fingerprint density at radius 2 is 1.95 bits per heavy atom. The van der Waals surface area contributed by atoms with Crippen molar-refractivity contribution >= 4 is 11.4 Å². The van der Waals surface area contributed by atoms with E-state index in [1.807, 2.05) is 11.0 Å². The van der Waals surface area contributed by atoms with E-state index in [1.54, 1.807) is 20.3 Å². The number of nitriles is 1. The fourth-order valence-electron chi connectivity index (χ4n) is 2.40. The van der Waals surface area contributed by atoms with Gasteiger partial charge in [0.15, 0.2) is 0 Å². The van der Waals surface area contributed by atoms with E-state index in [0.29, 0.717) is 18.8 Å². The van der Waals surface area contributed by atoms with Crippen molar-refractivity contribution in [2.24, 2.45) is 0 Å². The second kappa shape index (κ2) is 5.86. The Balaban J connectivity index is 2.30. The highest BCUT2D eigenvalue weighted by atomic mass is 16.6. The van der Waals surface area contributed by atoms with Gasteiger partial charge in [0.25, 0.3) is 5.69 Å². The number of hydrogen-bond acceptors (Lipinski definition) is 6. The van der Waals surface area contributed by atoms with E-state index in [9.17, 15) is 10.1 Å². The van der Waals surface area contributed by atoms with Gasteiger partial charge in [-0.25, -0.2) is 0 Å². The summed E-state index contributed by atoms with van der Waals surface area (Å²) in [7, 11) is 3.22. The summed E-state index contributed by atoms with van der Waals surface area (Å²) in [5, 5.41) is 19.9. The molecule has 1 aromatic carbocycles. The molecule has 0 amide bonds. The lowest BCUT2D eigenvalue weighted by atomic mass is 10.1. The van der Waals surface area contributed by atoms with Gasteiger partial charge in [0, 0.05) is 39.4 Å². The van der Waals surface area contributed by atoms with Gasteiger partial charge < -0.3 is 14.4 Å². The Bertz CT molecular complexity index is 543. The number of non-ortho nitro benzene ring substituents is 1. The van der Waals surface area contributed by atoms with E-state index in [0.717, 1.165) is 0 Å². The van der Waals surface area contributed by atoms with E-state index >= 15 is 0 Å². The summed E-state index contributed by atoms with van der Waals surface area (Å²) >= 11 is 0. The second-order valence-electron chi connectivity index (χ2n) is 4.52. The summed E-state index contributed by atoms with van der Waals surface area (Å²) in [6, 6.07) is 6.29. The Morgan fingerprint density at radius 3 is 2.40 bits per heavy atom. The van der Waals surface area contributed by atoms with Crippen molar-refractivity contribution in [2.75, 3.05) is 32.2 Å². The smallest absolute Gasteiger partial charge is 0.270 e. The minimum absolute atomic E-state index is 0.0817. The predicted octanol–water partition coefficient (Wildman–Crippen LogP) is 1.32. The van der Waals surface area contributed by atoms with Crippen molar-refractivity contribution < 1.29 is 14.4 Å². The lowest BCUT2D eigenvalue weighted by molar-refractivity contribution is -0.384. The van der Waals surface area contributed by atoms with Crippen LogP contribution in [0.4, 0.5) is 11.4 Å². The van der Waals surface area contributed by atoms with Crippen molar-refractivity contribution in [1.29, 1.82) is 5.26 Å². The van der Waals surface area contributed by atoms with Crippen LogP contribution in [-0.2, 0) is 9.47 Å². The molecule has 0 radical (unpaired) electrons. The number of nitro groups is 1. The highest BCUT2D eigenvalue weighted by Gasteiger charge is 2.34. The molecule has 1 fully saturated rings. The van der Waals surface area contributed by atoms with Crippen LogP contribution in [0.2, 0.25) is 0 Å². The standard InChI is InChI=1S/C13H15N3O4/c1-19-12-7-15(8-13(12)20-2)11-4-3-10(16(17)18)5-9(11)6-14/h3-5,12-13H,7-8H2,1-2H3. The van der Waals surface area contributed by atoms with Gasteiger partial charge in [-0.1, -0.05) is 0 Å². The molecule has 7 heteroatoms. The molecule has 20 heavy (non-hydrogen) atoms. The van der Waals surface area contributed by atoms with Crippen LogP contribution in [0.5, 0.6) is 0 Å². The van der Waals surface area contributed by atoms with Gasteiger partial charge in [0.05, 0.1) is 16.2 Å². The second-order valence-corrected chi connectivity index (χ2v) is 4.52. The third kappa shape index (κ3) is 2.57. The molecule has 2 atom stereocenters. The van der Waals surface area contributed by atoms with E-state index in [2.05, 4.69) is 0 Å². The van der Waals surface area contributed by atoms with Crippen LogP contribution in [0.25, 0.3) is 0 Å². The molecule has 0 spiro atoms. The van der Waals surface area contributed by atoms with Gasteiger partial charge in [-0.2, -0.15) is 5.26 Å². The van der Waals surface area contributed by atoms with Gasteiger partial charge in [-0.3, -0.25) is 10.1 Å². The number of ether oxygens (including phenoxy) is 2. The first-order valence-corrected chi connectivity index (χ1v) is 6.09. The summed E-state index contributed by atoms with van der Waals surface area (Å²) in [6.07, 6.45) is -0.163. The van der Waals surface area contributed by atoms with Crippen molar-refractivity contribution in [2.45, 2.75) is 12.2 Å². The monoisotopic (exact) mass is 277 g/mol. The zero-order valence-electron chi connectivity index (χ0n) is 11.3. The quantitative estimate of drug-likeness (QED) is 0.609. The normalized spacial score (nSPS) is 21.8. The fraction of sp³-hybridized carbons (Fsp3) is 0.462. The molecule has 0 bridgehead atoms. The minimum atomic E-state index is -0.509. The number of rotatable bonds is 4. The fourth-order valence-corrected chi connectivity index (χ4v) is 2.40. The van der Waals surface area contributed by atoms with Gasteiger partial charge in [-0.05, 0) is 6.07 Å². The topological polar surface area (TPSA) is 88.6 Å². The summed E-state index contributed by atoms with van der Waals surface area (Å²) in [5.74, 6) is 0. The molecule has 0 saturated carbocycles. The van der Waals surface area contributed by atoms with Crippen LogP contribution < -0.4 is 4.90 Å². The molecule has 106 valence electrons. The zero-order valence-corrected chi connectivity index (χ0v) is 11.3. The average molecular weight is 277 g/mol. The molecule has 0 N–H and O–H groups in total. The molecule has 1 aliphatic heterocycles. The van der Waals surface area contributed by atoms with Gasteiger partial charge in [0.1, 0.15) is 18.3 Å². The van der Waals surface area contributed by atoms with Gasteiger partial charge >= 0.3 is 0 Å². The lowest BCUT2D eigenvalue weighted by Crippen LogP contribution is -2.27. The molecule has 2 unspecified atom stereocenters. The molecule has 7 nitrogen and oxygen atoms in total. The summed E-state index contributed by atoms with van der Waals surface area (Å²) < 4.78 is 10.7. The van der Waals surface area contributed by atoms with Gasteiger partial charge in [-0.15, -0.1) is 0 Å². The van der Waals surface area contributed by atoms with Crippen LogP contribution in [0.15, 0.2) is 18.2 Å². The SMILES string of the molecule is COC1CN(c2ccc([N+](=O)[O-])cc2C#N)CC1OC. The van der Waals surface area contributed by atoms with Crippen LogP contribution in [0.3, 0.4) is 0 Å². The number of benzene rings is 1. The maximum atomic E-state index is 10.7. The highest BCUT2D eigenvalue weighted by Crippen LogP contribution is 2.29. The largest absolute Gasteiger partial charge is 0.377 e. The van der Waals surface area contributed by atoms with Crippen LogP contribution in [0.1, 0.15) is 5.56 Å². The first kappa shape index (κ1) is 14.2. The molecule has 1 aromatic rings. The third-order valence-electron chi connectivity index (χ3n) is 3.47. The number of methoxy groups -OCH3 is 2. The van der Waals surface area contributed by atoms with Crippen molar-refractivity contribution in [1.82, 2.24) is 0 Å². The van der Waals surface area contributed by atoms with Gasteiger partial charge in [0.2, 0.25) is 0 Å². The maximum absolute atomic E-state index is 10.7. The van der Waals surface area contributed by atoms with E-state index in [4.69, 9.17) is 14.7 Å². The molecule has 1 aliphatic rings. The van der Waals surface area contributed by atoms with Crippen LogP contribution in [-0.4, -0.2) is 44.4 Å². The first-order valence-electron chi connectivity index (χ1n) is 6.09. The number of nitro benzene ring substituents is 1. The zero-order chi connectivity index (χ0) is 14.7. The van der Waals surface area contributed by atoms with E-state index in [1.165, 1.54) is 12.1 Å². The number of anilines is 1. The Hall–Kier alpha value is -2.17. The molecule has 2 rings (SSSR count). The molecule has 1 saturated heterocycles. The summed E-state index contributed by atoms with van der Waals surface area (Å²) in [5.41, 5.74) is 0.863. The average Bonchev–Trinajstić information content (AvgIpc) is 2.89. The van der Waals surface area contributed by atoms with Crippen molar-refractivity contribution in [3.8, 4) is 6.07 Å². The third-order valence-corrected chi connectivity index (χ3v) is 3.47. The van der Waals surface area contributed by atoms with Crippen LogP contribution in [0, 0.1) is 21.4 Å². The lowest BCUT2D eigenvalue weighted by Gasteiger charge is -2.19. The van der Waals surface area contributed by atoms with Crippen molar-refractivity contribution in [3.05, 3.63) is 33.9 Å². The minimum Gasteiger partial charge on any atom is -0.377 e. The predicted molar refractivity (Wildman–Crippen MR) is 71.6 cm³/mol. The maximum Gasteiger partial charge on any atom is 0.270 e. The molecule has 0 aliphatic carbocycles. The Morgan fingerprint density at radius 1 is 1.35 bits per heavy atom. The Kier molecular flexibility index (Phi) is 4.17. The van der Waals surface area contributed by atoms with Crippen LogP contribution >= 0.6 is 0 Å². The first-order chi connectivity index (χ1) is 9.60. The molecular weight excluding hydrogens is 262 g/mol. The van der Waals surface area contributed by atoms with Crippen molar-refractivity contribution in [3.63, 3.8) is 0 Å². The summed E-state index contributed by atoms with van der Waals surface area (Å²) in [6.45, 7) is 1.17. The summed E-state index contributed by atoms with van der Waals surface area (Å²) in [4.78, 5) is 12.2. The van der Waals surface area contributed by atoms with E-state index < -0.39 is 4.92 Å². The molecular formula is C13H15N3O4. The Labute approximate surface area is 116 Å².